The Morgan fingerprint density at radius 2 is 2.00 bits per heavy atom. The summed E-state index contributed by atoms with van der Waals surface area (Å²) >= 11 is 3.25. The molecule has 0 saturated carbocycles. The lowest BCUT2D eigenvalue weighted by Crippen LogP contribution is -2.18. The van der Waals surface area contributed by atoms with Crippen LogP contribution in [0.25, 0.3) is 0 Å². The largest absolute Gasteiger partial charge is 0.395 e. The Morgan fingerprint density at radius 3 is 2.64 bits per heavy atom. The van der Waals surface area contributed by atoms with Crippen LogP contribution in [0.4, 0.5) is 13.2 Å². The molecule has 1 aliphatic rings. The van der Waals surface area contributed by atoms with E-state index in [0.29, 0.717) is 12.0 Å². The number of hydrogen-bond donors (Lipinski definition) is 0. The maximum absolute atomic E-state index is 12.5. The number of alkyl halides is 3. The van der Waals surface area contributed by atoms with E-state index in [1.807, 2.05) is 0 Å². The van der Waals surface area contributed by atoms with Crippen molar-refractivity contribution in [2.24, 2.45) is 0 Å². The van der Waals surface area contributed by atoms with Crippen molar-refractivity contribution < 1.29 is 13.2 Å². The molecular formula is C10H8BrF3. The summed E-state index contributed by atoms with van der Waals surface area (Å²) in [6.07, 6.45) is -3.38. The summed E-state index contributed by atoms with van der Waals surface area (Å²) in [5, 5.41) is 0. The van der Waals surface area contributed by atoms with Crippen LogP contribution in [-0.2, 0) is 6.42 Å². The molecule has 1 aromatic rings. The first-order valence-corrected chi connectivity index (χ1v) is 5.13. The molecule has 14 heavy (non-hydrogen) atoms. The Hall–Kier alpha value is -0.510. The highest BCUT2D eigenvalue weighted by Gasteiger charge is 2.43. The van der Waals surface area contributed by atoms with Crippen LogP contribution in [-0.4, -0.2) is 6.18 Å². The molecule has 0 saturated heterocycles. The van der Waals surface area contributed by atoms with Gasteiger partial charge in [0.2, 0.25) is 0 Å². The minimum atomic E-state index is -4.10. The zero-order valence-electron chi connectivity index (χ0n) is 7.24. The van der Waals surface area contributed by atoms with E-state index in [2.05, 4.69) is 15.9 Å². The fourth-order valence-electron chi connectivity index (χ4n) is 1.93. The highest BCUT2D eigenvalue weighted by atomic mass is 79.9. The van der Waals surface area contributed by atoms with Gasteiger partial charge in [-0.3, -0.25) is 0 Å². The molecule has 0 aliphatic heterocycles. The lowest BCUT2D eigenvalue weighted by Gasteiger charge is -2.15. The number of fused-ring (bicyclic) bond motifs is 1. The fraction of sp³-hybridized carbons (Fsp3) is 0.400. The van der Waals surface area contributed by atoms with Crippen molar-refractivity contribution in [2.45, 2.75) is 24.9 Å². The number of aryl methyl sites for hydroxylation is 1. The van der Waals surface area contributed by atoms with Gasteiger partial charge in [-0.05, 0) is 36.1 Å². The van der Waals surface area contributed by atoms with Crippen LogP contribution >= 0.6 is 15.9 Å². The lowest BCUT2D eigenvalue weighted by atomic mass is 10.0. The molecule has 1 aliphatic carbocycles. The minimum Gasteiger partial charge on any atom is -0.170 e. The van der Waals surface area contributed by atoms with Gasteiger partial charge in [-0.1, -0.05) is 22.0 Å². The Bertz CT molecular complexity index is 357. The van der Waals surface area contributed by atoms with Crippen molar-refractivity contribution in [1.29, 1.82) is 0 Å². The molecule has 0 nitrogen and oxygen atoms in total. The van der Waals surface area contributed by atoms with Crippen LogP contribution in [0, 0.1) is 0 Å². The normalized spacial score (nSPS) is 21.0. The maximum Gasteiger partial charge on any atom is 0.395 e. The van der Waals surface area contributed by atoms with Gasteiger partial charge in [0.05, 0.1) is 5.92 Å². The first kappa shape index (κ1) is 10.0. The number of rotatable bonds is 0. The molecule has 0 spiro atoms. The summed E-state index contributed by atoms with van der Waals surface area (Å²) < 4.78 is 38.4. The second-order valence-corrected chi connectivity index (χ2v) is 4.39. The van der Waals surface area contributed by atoms with Crippen molar-refractivity contribution in [2.75, 3.05) is 0 Å². The van der Waals surface area contributed by atoms with Crippen molar-refractivity contribution >= 4 is 15.9 Å². The molecule has 1 aromatic carbocycles. The van der Waals surface area contributed by atoms with E-state index in [-0.39, 0.29) is 6.42 Å². The molecular weight excluding hydrogens is 257 g/mol. The monoisotopic (exact) mass is 264 g/mol. The summed E-state index contributed by atoms with van der Waals surface area (Å²) in [7, 11) is 0. The average Bonchev–Trinajstić information content (AvgIpc) is 2.45. The molecule has 1 atom stereocenters. The zero-order chi connectivity index (χ0) is 10.3. The first-order valence-electron chi connectivity index (χ1n) is 4.33. The van der Waals surface area contributed by atoms with Crippen molar-refractivity contribution in [3.8, 4) is 0 Å². The smallest absolute Gasteiger partial charge is 0.170 e. The molecule has 76 valence electrons. The second kappa shape index (κ2) is 3.26. The molecule has 0 N–H and O–H groups in total. The van der Waals surface area contributed by atoms with Gasteiger partial charge in [0.25, 0.3) is 0 Å². The van der Waals surface area contributed by atoms with Gasteiger partial charge >= 0.3 is 6.18 Å². The van der Waals surface area contributed by atoms with Gasteiger partial charge in [0.1, 0.15) is 0 Å². The molecule has 0 bridgehead atoms. The van der Waals surface area contributed by atoms with E-state index >= 15 is 0 Å². The highest BCUT2D eigenvalue weighted by molar-refractivity contribution is 9.10. The summed E-state index contributed by atoms with van der Waals surface area (Å²) in [4.78, 5) is 0. The Morgan fingerprint density at radius 1 is 1.29 bits per heavy atom. The minimum absolute atomic E-state index is 0.190. The van der Waals surface area contributed by atoms with Gasteiger partial charge in [-0.25, -0.2) is 0 Å². The van der Waals surface area contributed by atoms with Gasteiger partial charge in [0.15, 0.2) is 0 Å². The molecule has 0 amide bonds. The van der Waals surface area contributed by atoms with E-state index in [4.69, 9.17) is 0 Å². The van der Waals surface area contributed by atoms with E-state index < -0.39 is 12.1 Å². The van der Waals surface area contributed by atoms with Crippen LogP contribution in [0.15, 0.2) is 22.7 Å². The Kier molecular flexibility index (Phi) is 2.33. The summed E-state index contributed by atoms with van der Waals surface area (Å²) in [6.45, 7) is 0. The van der Waals surface area contributed by atoms with Crippen LogP contribution < -0.4 is 0 Å². The molecule has 2 rings (SSSR count). The third kappa shape index (κ3) is 1.67. The van der Waals surface area contributed by atoms with Crippen LogP contribution in [0.2, 0.25) is 0 Å². The summed E-state index contributed by atoms with van der Waals surface area (Å²) in [5.41, 5.74) is 1.27. The third-order valence-corrected chi connectivity index (χ3v) is 3.07. The molecule has 1 unspecified atom stereocenters. The fourth-order valence-corrected chi connectivity index (χ4v) is 2.33. The Balaban J connectivity index is 2.41. The van der Waals surface area contributed by atoms with Gasteiger partial charge < -0.3 is 0 Å². The number of hydrogen-bond acceptors (Lipinski definition) is 0. The second-order valence-electron chi connectivity index (χ2n) is 3.48. The molecule has 0 heterocycles. The quantitative estimate of drug-likeness (QED) is 0.664. The van der Waals surface area contributed by atoms with Crippen LogP contribution in [0.3, 0.4) is 0 Å². The summed E-state index contributed by atoms with van der Waals surface area (Å²) in [5.74, 6) is -1.26. The predicted molar refractivity (Wildman–Crippen MR) is 51.3 cm³/mol. The van der Waals surface area contributed by atoms with Gasteiger partial charge in [-0.15, -0.1) is 0 Å². The Labute approximate surface area is 88.2 Å². The number of halogens is 4. The van der Waals surface area contributed by atoms with Crippen molar-refractivity contribution in [1.82, 2.24) is 0 Å². The van der Waals surface area contributed by atoms with Crippen molar-refractivity contribution in [3.05, 3.63) is 33.8 Å². The third-order valence-electron chi connectivity index (χ3n) is 2.58. The highest BCUT2D eigenvalue weighted by Crippen LogP contribution is 2.44. The molecule has 4 heteroatoms. The van der Waals surface area contributed by atoms with Crippen molar-refractivity contribution in [3.63, 3.8) is 0 Å². The maximum atomic E-state index is 12.5. The first-order chi connectivity index (χ1) is 6.48. The topological polar surface area (TPSA) is 0 Å². The number of benzene rings is 1. The zero-order valence-corrected chi connectivity index (χ0v) is 8.82. The van der Waals surface area contributed by atoms with Crippen LogP contribution in [0.1, 0.15) is 23.5 Å². The van der Waals surface area contributed by atoms with Crippen LogP contribution in [0.5, 0.6) is 0 Å². The van der Waals surface area contributed by atoms with Gasteiger partial charge in [0, 0.05) is 4.47 Å². The average molecular weight is 265 g/mol. The molecule has 0 radical (unpaired) electrons. The summed E-state index contributed by atoms with van der Waals surface area (Å²) in [6, 6.07) is 5.02. The van der Waals surface area contributed by atoms with E-state index in [0.717, 1.165) is 10.0 Å². The molecule has 0 fully saturated rings. The van der Waals surface area contributed by atoms with E-state index in [1.165, 1.54) is 0 Å². The van der Waals surface area contributed by atoms with E-state index in [1.54, 1.807) is 18.2 Å². The standard InChI is InChI=1S/C10H8BrF3/c11-7-2-3-8-6(5-7)1-4-9(8)10(12,13)14/h2-3,5,9H,1,4H2. The molecule has 0 aromatic heterocycles. The van der Waals surface area contributed by atoms with E-state index in [9.17, 15) is 13.2 Å². The predicted octanol–water partition coefficient (Wildman–Crippen LogP) is 4.04. The SMILES string of the molecule is FC(F)(F)C1CCc2cc(Br)ccc21. The van der Waals surface area contributed by atoms with Gasteiger partial charge in [-0.2, -0.15) is 13.2 Å². The lowest BCUT2D eigenvalue weighted by molar-refractivity contribution is -0.149.